The highest BCUT2D eigenvalue weighted by Crippen LogP contribution is 2.17. The van der Waals surface area contributed by atoms with E-state index in [2.05, 4.69) is 5.32 Å². The van der Waals surface area contributed by atoms with Gasteiger partial charge >= 0.3 is 0 Å². The summed E-state index contributed by atoms with van der Waals surface area (Å²) in [6.07, 6.45) is 1.71. The first-order valence-corrected chi connectivity index (χ1v) is 6.47. The van der Waals surface area contributed by atoms with Gasteiger partial charge in [0.25, 0.3) is 5.91 Å². The minimum atomic E-state index is -0.462. The highest BCUT2D eigenvalue weighted by molar-refractivity contribution is 5.95. The topological polar surface area (TPSA) is 64.3 Å². The summed E-state index contributed by atoms with van der Waals surface area (Å²) >= 11 is 0. The zero-order valence-electron chi connectivity index (χ0n) is 11.5. The van der Waals surface area contributed by atoms with Crippen LogP contribution in [0, 0.1) is 12.7 Å². The Morgan fingerprint density at radius 2 is 2.16 bits per heavy atom. The SMILES string of the molecule is CCCOCCCNC(=O)c1cc(N)c(C)c(F)c1. The molecule has 0 bridgehead atoms. The Kier molecular flexibility index (Phi) is 6.29. The molecule has 19 heavy (non-hydrogen) atoms. The van der Waals surface area contributed by atoms with Gasteiger partial charge in [0.05, 0.1) is 0 Å². The number of rotatable bonds is 7. The van der Waals surface area contributed by atoms with Crippen molar-refractivity contribution in [2.75, 3.05) is 25.5 Å². The van der Waals surface area contributed by atoms with Crippen LogP contribution in [0.5, 0.6) is 0 Å². The standard InChI is InChI=1S/C14H21FN2O2/c1-3-6-19-7-4-5-17-14(18)11-8-12(15)10(2)13(16)9-11/h8-9H,3-7,16H2,1-2H3,(H,17,18). The lowest BCUT2D eigenvalue weighted by molar-refractivity contribution is 0.0941. The summed E-state index contributed by atoms with van der Waals surface area (Å²) in [5, 5.41) is 2.71. The van der Waals surface area contributed by atoms with Gasteiger partial charge in [-0.15, -0.1) is 0 Å². The Bertz CT molecular complexity index is 412. The molecule has 0 aromatic heterocycles. The maximum absolute atomic E-state index is 13.4. The monoisotopic (exact) mass is 268 g/mol. The van der Waals surface area contributed by atoms with E-state index < -0.39 is 5.82 Å². The van der Waals surface area contributed by atoms with Gasteiger partial charge in [0, 0.05) is 36.6 Å². The fraction of sp³-hybridized carbons (Fsp3) is 0.500. The maximum atomic E-state index is 13.4. The van der Waals surface area contributed by atoms with E-state index in [-0.39, 0.29) is 17.2 Å². The van der Waals surface area contributed by atoms with Crippen molar-refractivity contribution in [1.82, 2.24) is 5.32 Å². The van der Waals surface area contributed by atoms with Gasteiger partial charge < -0.3 is 15.8 Å². The van der Waals surface area contributed by atoms with Gasteiger partial charge in [-0.05, 0) is 31.9 Å². The summed E-state index contributed by atoms with van der Waals surface area (Å²) in [6, 6.07) is 2.69. The van der Waals surface area contributed by atoms with E-state index in [0.717, 1.165) is 19.4 Å². The highest BCUT2D eigenvalue weighted by atomic mass is 19.1. The van der Waals surface area contributed by atoms with Crippen LogP contribution in [0.4, 0.5) is 10.1 Å². The highest BCUT2D eigenvalue weighted by Gasteiger charge is 2.10. The van der Waals surface area contributed by atoms with Crippen LogP contribution in [0.25, 0.3) is 0 Å². The first-order chi connectivity index (χ1) is 9.06. The number of carbonyl (C=O) groups is 1. The molecule has 0 heterocycles. The molecule has 0 aliphatic carbocycles. The summed E-state index contributed by atoms with van der Waals surface area (Å²) in [7, 11) is 0. The number of nitrogens with two attached hydrogens (primary N) is 1. The lowest BCUT2D eigenvalue weighted by Gasteiger charge is -2.08. The zero-order chi connectivity index (χ0) is 14.3. The molecule has 4 nitrogen and oxygen atoms in total. The second kappa shape index (κ2) is 7.74. The lowest BCUT2D eigenvalue weighted by Crippen LogP contribution is -2.25. The van der Waals surface area contributed by atoms with Gasteiger partial charge in [-0.3, -0.25) is 4.79 Å². The van der Waals surface area contributed by atoms with Gasteiger partial charge in [0.15, 0.2) is 0 Å². The van der Waals surface area contributed by atoms with Gasteiger partial charge in [-0.25, -0.2) is 4.39 Å². The van der Waals surface area contributed by atoms with Crippen LogP contribution >= 0.6 is 0 Å². The second-order valence-corrected chi connectivity index (χ2v) is 4.39. The average molecular weight is 268 g/mol. The van der Waals surface area contributed by atoms with Crippen molar-refractivity contribution >= 4 is 11.6 Å². The summed E-state index contributed by atoms with van der Waals surface area (Å²) in [4.78, 5) is 11.8. The minimum absolute atomic E-state index is 0.245. The Hall–Kier alpha value is -1.62. The molecule has 0 spiro atoms. The van der Waals surface area contributed by atoms with E-state index in [4.69, 9.17) is 10.5 Å². The number of benzene rings is 1. The molecular formula is C14H21FN2O2. The lowest BCUT2D eigenvalue weighted by atomic mass is 10.1. The van der Waals surface area contributed by atoms with E-state index in [1.807, 2.05) is 6.92 Å². The van der Waals surface area contributed by atoms with Gasteiger partial charge in [0.1, 0.15) is 5.82 Å². The smallest absolute Gasteiger partial charge is 0.251 e. The first-order valence-electron chi connectivity index (χ1n) is 6.47. The molecule has 0 atom stereocenters. The number of halogens is 1. The van der Waals surface area contributed by atoms with Crippen LogP contribution in [-0.2, 0) is 4.74 Å². The number of carbonyl (C=O) groups excluding carboxylic acids is 1. The summed E-state index contributed by atoms with van der Waals surface area (Å²) in [5.74, 6) is -0.780. The van der Waals surface area contributed by atoms with Crippen molar-refractivity contribution in [3.05, 3.63) is 29.1 Å². The van der Waals surface area contributed by atoms with E-state index in [0.29, 0.717) is 18.7 Å². The minimum Gasteiger partial charge on any atom is -0.398 e. The van der Waals surface area contributed by atoms with Gasteiger partial charge in [-0.1, -0.05) is 6.92 Å². The third-order valence-electron chi connectivity index (χ3n) is 2.75. The predicted molar refractivity (Wildman–Crippen MR) is 73.6 cm³/mol. The van der Waals surface area contributed by atoms with Gasteiger partial charge in [-0.2, -0.15) is 0 Å². The van der Waals surface area contributed by atoms with Crippen LogP contribution in [0.2, 0.25) is 0 Å². The maximum Gasteiger partial charge on any atom is 0.251 e. The molecule has 0 radical (unpaired) electrons. The Morgan fingerprint density at radius 3 is 2.79 bits per heavy atom. The number of amides is 1. The van der Waals surface area contributed by atoms with Crippen LogP contribution < -0.4 is 11.1 Å². The van der Waals surface area contributed by atoms with Crippen molar-refractivity contribution < 1.29 is 13.9 Å². The van der Waals surface area contributed by atoms with Crippen LogP contribution in [-0.4, -0.2) is 25.7 Å². The van der Waals surface area contributed by atoms with Crippen molar-refractivity contribution in [2.45, 2.75) is 26.7 Å². The predicted octanol–water partition coefficient (Wildman–Crippen LogP) is 2.26. The molecule has 0 aliphatic rings. The largest absolute Gasteiger partial charge is 0.398 e. The molecule has 0 saturated carbocycles. The van der Waals surface area contributed by atoms with Crippen molar-refractivity contribution in [1.29, 1.82) is 0 Å². The molecular weight excluding hydrogens is 247 g/mol. The fourth-order valence-electron chi connectivity index (χ4n) is 1.56. The fourth-order valence-corrected chi connectivity index (χ4v) is 1.56. The summed E-state index contributed by atoms with van der Waals surface area (Å²) in [5.41, 5.74) is 6.53. The molecule has 1 aromatic carbocycles. The molecule has 0 fully saturated rings. The van der Waals surface area contributed by atoms with Crippen LogP contribution in [0.3, 0.4) is 0 Å². The number of hydrogen-bond donors (Lipinski definition) is 2. The van der Waals surface area contributed by atoms with E-state index in [1.54, 1.807) is 6.92 Å². The Balaban J connectivity index is 2.42. The van der Waals surface area contributed by atoms with Crippen molar-refractivity contribution in [3.8, 4) is 0 Å². The van der Waals surface area contributed by atoms with E-state index in [1.165, 1.54) is 12.1 Å². The number of anilines is 1. The zero-order valence-corrected chi connectivity index (χ0v) is 11.5. The van der Waals surface area contributed by atoms with Crippen molar-refractivity contribution in [3.63, 3.8) is 0 Å². The second-order valence-electron chi connectivity index (χ2n) is 4.39. The molecule has 0 unspecified atom stereocenters. The van der Waals surface area contributed by atoms with E-state index >= 15 is 0 Å². The number of nitrogens with one attached hydrogen (secondary N) is 1. The Morgan fingerprint density at radius 1 is 1.42 bits per heavy atom. The van der Waals surface area contributed by atoms with E-state index in [9.17, 15) is 9.18 Å². The first kappa shape index (κ1) is 15.4. The number of ether oxygens (including phenoxy) is 1. The molecule has 1 amide bonds. The van der Waals surface area contributed by atoms with Crippen LogP contribution in [0.1, 0.15) is 35.7 Å². The molecule has 1 rings (SSSR count). The average Bonchev–Trinajstić information content (AvgIpc) is 2.39. The van der Waals surface area contributed by atoms with Crippen molar-refractivity contribution in [2.24, 2.45) is 0 Å². The molecule has 0 saturated heterocycles. The molecule has 3 N–H and O–H groups in total. The summed E-state index contributed by atoms with van der Waals surface area (Å²) in [6.45, 7) is 5.46. The number of hydrogen-bond acceptors (Lipinski definition) is 3. The normalized spacial score (nSPS) is 10.5. The Labute approximate surface area is 113 Å². The van der Waals surface area contributed by atoms with Gasteiger partial charge in [0.2, 0.25) is 0 Å². The molecule has 5 heteroatoms. The molecule has 1 aromatic rings. The molecule has 0 aliphatic heterocycles. The van der Waals surface area contributed by atoms with Crippen LogP contribution in [0.15, 0.2) is 12.1 Å². The number of nitrogen functional groups attached to an aromatic ring is 1. The summed E-state index contributed by atoms with van der Waals surface area (Å²) < 4.78 is 18.7. The quantitative estimate of drug-likeness (QED) is 0.589. The third-order valence-corrected chi connectivity index (χ3v) is 2.75. The third kappa shape index (κ3) is 4.87. The molecule has 106 valence electrons.